The van der Waals surface area contributed by atoms with Crippen LogP contribution >= 0.6 is 0 Å². The Balaban J connectivity index is 0.000000381. The van der Waals surface area contributed by atoms with Crippen LogP contribution in [-0.2, 0) is 16.1 Å². The quantitative estimate of drug-likeness (QED) is 0.686. The van der Waals surface area contributed by atoms with E-state index < -0.39 is 18.2 Å². The maximum Gasteiger partial charge on any atom is 0.490 e. The minimum atomic E-state index is -5.08. The fourth-order valence-electron chi connectivity index (χ4n) is 1.44. The molecule has 0 spiro atoms. The van der Waals surface area contributed by atoms with Gasteiger partial charge in [0.1, 0.15) is 18.9 Å². The fourth-order valence-corrected chi connectivity index (χ4v) is 1.44. The van der Waals surface area contributed by atoms with E-state index in [0.717, 1.165) is 13.0 Å². The zero-order valence-electron chi connectivity index (χ0n) is 13.3. The van der Waals surface area contributed by atoms with Crippen molar-refractivity contribution in [3.8, 4) is 5.95 Å². The van der Waals surface area contributed by atoms with Crippen molar-refractivity contribution in [2.45, 2.75) is 32.2 Å². The van der Waals surface area contributed by atoms with Gasteiger partial charge in [0, 0.05) is 18.7 Å². The van der Waals surface area contributed by atoms with Crippen LogP contribution in [0.1, 0.15) is 19.0 Å². The zero-order chi connectivity index (χ0) is 18.9. The number of nitrogens with one attached hydrogen (secondary N) is 2. The van der Waals surface area contributed by atoms with E-state index in [2.05, 4.69) is 15.8 Å². The third-order valence-corrected chi connectivity index (χ3v) is 2.80. The number of aliphatic carboxylic acids is 1. The number of alkyl halides is 3. The lowest BCUT2D eigenvalue weighted by Crippen LogP contribution is -2.46. The average Bonchev–Trinajstić information content (AvgIpc) is 2.91. The molecule has 1 aromatic rings. The molecule has 1 aliphatic heterocycles. The summed E-state index contributed by atoms with van der Waals surface area (Å²) in [6.07, 6.45) is -4.44. The van der Waals surface area contributed by atoms with Gasteiger partial charge < -0.3 is 29.7 Å². The first-order valence-electron chi connectivity index (χ1n) is 7.24. The van der Waals surface area contributed by atoms with Gasteiger partial charge in [-0.1, -0.05) is 5.16 Å². The lowest BCUT2D eigenvalue weighted by Gasteiger charge is -2.26. The standard InChI is InChI=1S/C11H17N3O4.C2HF3O2/c1-2-12-11(15)17-7-9-5-10(18-14-9)16-6-8-3-4-13-8;3-2(4,5)1(6)7/h5,8,13H,2-4,6-7H2,1H3,(H,12,15);(H,6,7)/t8-;/m0./s1. The highest BCUT2D eigenvalue weighted by Gasteiger charge is 2.38. The number of carbonyl (C=O) groups excluding carboxylic acids is 1. The predicted molar refractivity (Wildman–Crippen MR) is 76.0 cm³/mol. The number of hydrogen-bond donors (Lipinski definition) is 3. The maximum absolute atomic E-state index is 11.1. The van der Waals surface area contributed by atoms with Crippen LogP contribution in [0, 0.1) is 0 Å². The van der Waals surface area contributed by atoms with Gasteiger partial charge in [0.2, 0.25) is 0 Å². The third kappa shape index (κ3) is 8.24. The molecule has 1 aromatic heterocycles. The van der Waals surface area contributed by atoms with E-state index in [0.29, 0.717) is 30.8 Å². The van der Waals surface area contributed by atoms with E-state index >= 15 is 0 Å². The number of carboxylic acids is 1. The minimum absolute atomic E-state index is 0.0698. The van der Waals surface area contributed by atoms with E-state index in [1.54, 1.807) is 6.07 Å². The summed E-state index contributed by atoms with van der Waals surface area (Å²) in [5.74, 6) is -2.41. The second kappa shape index (κ2) is 9.71. The second-order valence-electron chi connectivity index (χ2n) is 4.80. The van der Waals surface area contributed by atoms with Crippen molar-refractivity contribution in [2.75, 3.05) is 19.7 Å². The summed E-state index contributed by atoms with van der Waals surface area (Å²) in [4.78, 5) is 19.9. The van der Waals surface area contributed by atoms with Crippen molar-refractivity contribution < 1.29 is 41.9 Å². The van der Waals surface area contributed by atoms with E-state index in [1.807, 2.05) is 6.92 Å². The summed E-state index contributed by atoms with van der Waals surface area (Å²) in [5, 5.41) is 16.6. The molecule has 12 heteroatoms. The summed E-state index contributed by atoms with van der Waals surface area (Å²) in [7, 11) is 0. The Kier molecular flexibility index (Phi) is 7.98. The number of rotatable bonds is 6. The number of amides is 1. The number of nitrogens with zero attached hydrogens (tertiary/aromatic N) is 1. The molecular weight excluding hydrogens is 351 g/mol. The van der Waals surface area contributed by atoms with Crippen molar-refractivity contribution in [2.24, 2.45) is 0 Å². The molecule has 2 heterocycles. The van der Waals surface area contributed by atoms with Crippen LogP contribution in [0.2, 0.25) is 0 Å². The van der Waals surface area contributed by atoms with Crippen molar-refractivity contribution in [1.82, 2.24) is 15.8 Å². The molecule has 0 aromatic carbocycles. The van der Waals surface area contributed by atoms with Gasteiger partial charge in [-0.2, -0.15) is 13.2 Å². The molecule has 2 rings (SSSR count). The lowest BCUT2D eigenvalue weighted by atomic mass is 10.1. The molecule has 9 nitrogen and oxygen atoms in total. The number of aromatic nitrogens is 1. The predicted octanol–water partition coefficient (Wildman–Crippen LogP) is 1.29. The van der Waals surface area contributed by atoms with Crippen LogP contribution in [0.15, 0.2) is 10.6 Å². The Morgan fingerprint density at radius 1 is 1.52 bits per heavy atom. The first-order valence-corrected chi connectivity index (χ1v) is 7.24. The largest absolute Gasteiger partial charge is 0.490 e. The lowest BCUT2D eigenvalue weighted by molar-refractivity contribution is -0.192. The van der Waals surface area contributed by atoms with E-state index in [9.17, 15) is 18.0 Å². The zero-order valence-corrected chi connectivity index (χ0v) is 13.3. The van der Waals surface area contributed by atoms with Gasteiger partial charge in [-0.25, -0.2) is 9.59 Å². The smallest absolute Gasteiger partial charge is 0.475 e. The summed E-state index contributed by atoms with van der Waals surface area (Å²) < 4.78 is 47.0. The molecule has 1 atom stereocenters. The molecule has 1 amide bonds. The molecular formula is C13H18F3N3O6. The highest BCUT2D eigenvalue weighted by atomic mass is 19.4. The average molecular weight is 369 g/mol. The van der Waals surface area contributed by atoms with E-state index in [1.165, 1.54) is 0 Å². The molecule has 1 aliphatic rings. The number of ether oxygens (including phenoxy) is 2. The van der Waals surface area contributed by atoms with Crippen molar-refractivity contribution in [3.63, 3.8) is 0 Å². The number of hydrogen-bond acceptors (Lipinski definition) is 7. The van der Waals surface area contributed by atoms with Crippen molar-refractivity contribution in [3.05, 3.63) is 11.8 Å². The van der Waals surface area contributed by atoms with Crippen LogP contribution in [0.25, 0.3) is 0 Å². The fraction of sp³-hybridized carbons (Fsp3) is 0.615. The van der Waals surface area contributed by atoms with Gasteiger partial charge >= 0.3 is 24.2 Å². The number of alkyl carbamates (subject to hydrolysis) is 1. The summed E-state index contributed by atoms with van der Waals surface area (Å²) in [6, 6.07) is 2.02. The maximum atomic E-state index is 11.1. The Hall–Kier alpha value is -2.50. The highest BCUT2D eigenvalue weighted by molar-refractivity contribution is 5.73. The number of carboxylic acid groups (broad SMARTS) is 1. The molecule has 0 radical (unpaired) electrons. The molecule has 0 unspecified atom stereocenters. The Bertz CT molecular complexity index is 559. The normalized spacial score (nSPS) is 16.1. The Morgan fingerprint density at radius 3 is 2.64 bits per heavy atom. The van der Waals surface area contributed by atoms with Crippen LogP contribution in [0.3, 0.4) is 0 Å². The highest BCUT2D eigenvalue weighted by Crippen LogP contribution is 2.15. The first-order chi connectivity index (χ1) is 11.7. The number of halogens is 3. The van der Waals surface area contributed by atoms with Crippen LogP contribution < -0.4 is 15.4 Å². The Morgan fingerprint density at radius 2 is 2.16 bits per heavy atom. The van der Waals surface area contributed by atoms with E-state index in [4.69, 9.17) is 23.9 Å². The van der Waals surface area contributed by atoms with Crippen LogP contribution in [-0.4, -0.2) is 54.2 Å². The van der Waals surface area contributed by atoms with Gasteiger partial charge in [0.05, 0.1) is 0 Å². The monoisotopic (exact) mass is 369 g/mol. The molecule has 1 saturated heterocycles. The van der Waals surface area contributed by atoms with Crippen LogP contribution in [0.5, 0.6) is 5.95 Å². The topological polar surface area (TPSA) is 123 Å². The van der Waals surface area contributed by atoms with Gasteiger partial charge in [0.15, 0.2) is 0 Å². The third-order valence-electron chi connectivity index (χ3n) is 2.80. The van der Waals surface area contributed by atoms with Crippen molar-refractivity contribution >= 4 is 12.1 Å². The summed E-state index contributed by atoms with van der Waals surface area (Å²) >= 11 is 0. The Labute approximate surface area is 140 Å². The van der Waals surface area contributed by atoms with Crippen molar-refractivity contribution in [1.29, 1.82) is 0 Å². The molecule has 3 N–H and O–H groups in total. The SMILES string of the molecule is CCNC(=O)OCc1cc(OC[C@@H]2CCN2)on1.O=C(O)C(F)(F)F. The van der Waals surface area contributed by atoms with Crippen LogP contribution in [0.4, 0.5) is 18.0 Å². The molecule has 0 saturated carbocycles. The molecule has 1 fully saturated rings. The second-order valence-corrected chi connectivity index (χ2v) is 4.80. The van der Waals surface area contributed by atoms with Gasteiger partial charge in [-0.3, -0.25) is 0 Å². The molecule has 0 bridgehead atoms. The first kappa shape index (κ1) is 20.5. The molecule has 25 heavy (non-hydrogen) atoms. The molecule has 0 aliphatic carbocycles. The van der Waals surface area contributed by atoms with Gasteiger partial charge in [-0.05, 0) is 19.9 Å². The summed E-state index contributed by atoms with van der Waals surface area (Å²) in [5.41, 5.74) is 0.526. The van der Waals surface area contributed by atoms with Gasteiger partial charge in [-0.15, -0.1) is 0 Å². The summed E-state index contributed by atoms with van der Waals surface area (Å²) in [6.45, 7) is 4.01. The molecule has 142 valence electrons. The minimum Gasteiger partial charge on any atom is -0.475 e. The number of carbonyl (C=O) groups is 2. The van der Waals surface area contributed by atoms with E-state index in [-0.39, 0.29) is 6.61 Å². The van der Waals surface area contributed by atoms with Gasteiger partial charge in [0.25, 0.3) is 0 Å².